The third-order valence-electron chi connectivity index (χ3n) is 2.90. The summed E-state index contributed by atoms with van der Waals surface area (Å²) in [7, 11) is 2.15. The van der Waals surface area contributed by atoms with Crippen LogP contribution in [0.1, 0.15) is 18.4 Å². The van der Waals surface area contributed by atoms with E-state index in [1.54, 1.807) is 0 Å². The molecule has 0 heterocycles. The smallest absolute Gasteiger partial charge is 0.0435 e. The molecule has 1 aromatic carbocycles. The summed E-state index contributed by atoms with van der Waals surface area (Å²) >= 11 is 0. The molecule has 0 N–H and O–H groups in total. The van der Waals surface area contributed by atoms with E-state index in [0.29, 0.717) is 0 Å². The normalized spacial score (nSPS) is 14.9. The Morgan fingerprint density at radius 1 is 1.20 bits per heavy atom. The number of hydrogen-bond donors (Lipinski definition) is 0. The second kappa shape index (κ2) is 4.35. The van der Waals surface area contributed by atoms with E-state index < -0.39 is 0 Å². The summed E-state index contributed by atoms with van der Waals surface area (Å²) in [6.07, 6.45) is 8.86. The van der Waals surface area contributed by atoms with Crippen LogP contribution in [-0.2, 0) is 0 Å². The Hall–Kier alpha value is -1.50. The van der Waals surface area contributed by atoms with Gasteiger partial charge in [0.2, 0.25) is 0 Å². The quantitative estimate of drug-likeness (QED) is 0.702. The average Bonchev–Trinajstić information content (AvgIpc) is 2.30. The highest BCUT2D eigenvalue weighted by atomic mass is 15.1. The Morgan fingerprint density at radius 3 is 2.67 bits per heavy atom. The molecule has 0 saturated carbocycles. The molecule has 0 spiro atoms. The van der Waals surface area contributed by atoms with E-state index in [4.69, 9.17) is 0 Å². The largest absolute Gasteiger partial charge is 0.348 e. The van der Waals surface area contributed by atoms with Gasteiger partial charge in [0.05, 0.1) is 0 Å². The zero-order chi connectivity index (χ0) is 10.7. The molecule has 1 aliphatic carbocycles. The van der Waals surface area contributed by atoms with Gasteiger partial charge in [-0.15, -0.1) is 0 Å². The van der Waals surface area contributed by atoms with Gasteiger partial charge in [0.1, 0.15) is 0 Å². The molecule has 0 aromatic heterocycles. The zero-order valence-corrected chi connectivity index (χ0v) is 9.40. The SMILES string of the molecule is Cc1ccccc1N(C)C1=CC=CCC1. The van der Waals surface area contributed by atoms with E-state index in [2.05, 4.69) is 61.4 Å². The molecule has 0 saturated heterocycles. The monoisotopic (exact) mass is 199 g/mol. The summed E-state index contributed by atoms with van der Waals surface area (Å²) in [6.45, 7) is 2.16. The molecule has 1 aliphatic rings. The summed E-state index contributed by atoms with van der Waals surface area (Å²) in [5.74, 6) is 0. The molecule has 1 heteroatoms. The lowest BCUT2D eigenvalue weighted by Crippen LogP contribution is -2.17. The number of aryl methyl sites for hydroxylation is 1. The van der Waals surface area contributed by atoms with Crippen molar-refractivity contribution in [3.8, 4) is 0 Å². The Labute approximate surface area is 91.7 Å². The molecule has 0 bridgehead atoms. The first-order valence-electron chi connectivity index (χ1n) is 5.44. The van der Waals surface area contributed by atoms with Crippen molar-refractivity contribution in [2.24, 2.45) is 0 Å². The fourth-order valence-corrected chi connectivity index (χ4v) is 1.96. The number of anilines is 1. The van der Waals surface area contributed by atoms with E-state index in [0.717, 1.165) is 12.8 Å². The van der Waals surface area contributed by atoms with E-state index in [9.17, 15) is 0 Å². The van der Waals surface area contributed by atoms with Crippen molar-refractivity contribution in [3.05, 3.63) is 53.8 Å². The Kier molecular flexibility index (Phi) is 2.91. The van der Waals surface area contributed by atoms with Gasteiger partial charge in [-0.3, -0.25) is 0 Å². The third-order valence-corrected chi connectivity index (χ3v) is 2.90. The van der Waals surface area contributed by atoms with Crippen LogP contribution in [-0.4, -0.2) is 7.05 Å². The molecule has 15 heavy (non-hydrogen) atoms. The second-order valence-corrected chi connectivity index (χ2v) is 3.97. The summed E-state index contributed by atoms with van der Waals surface area (Å²) in [5, 5.41) is 0. The first kappa shape index (κ1) is 10.0. The number of nitrogens with zero attached hydrogens (tertiary/aromatic N) is 1. The van der Waals surface area contributed by atoms with Crippen LogP contribution in [0.25, 0.3) is 0 Å². The van der Waals surface area contributed by atoms with Crippen LogP contribution in [0.3, 0.4) is 0 Å². The van der Waals surface area contributed by atoms with Crippen molar-refractivity contribution in [1.82, 2.24) is 0 Å². The highest BCUT2D eigenvalue weighted by Crippen LogP contribution is 2.25. The van der Waals surface area contributed by atoms with E-state index in [-0.39, 0.29) is 0 Å². The molecule has 0 fully saturated rings. The van der Waals surface area contributed by atoms with Gasteiger partial charge in [0, 0.05) is 18.4 Å². The minimum Gasteiger partial charge on any atom is -0.348 e. The zero-order valence-electron chi connectivity index (χ0n) is 9.40. The lowest BCUT2D eigenvalue weighted by atomic mass is 10.1. The maximum atomic E-state index is 2.29. The van der Waals surface area contributed by atoms with Crippen molar-refractivity contribution in [2.45, 2.75) is 19.8 Å². The maximum absolute atomic E-state index is 2.29. The summed E-state index contributed by atoms with van der Waals surface area (Å²) in [5.41, 5.74) is 4.03. The number of rotatable bonds is 2. The summed E-state index contributed by atoms with van der Waals surface area (Å²) in [6, 6.07) is 8.51. The van der Waals surface area contributed by atoms with Crippen LogP contribution >= 0.6 is 0 Å². The van der Waals surface area contributed by atoms with Crippen LogP contribution in [0.2, 0.25) is 0 Å². The van der Waals surface area contributed by atoms with Gasteiger partial charge in [0.25, 0.3) is 0 Å². The summed E-state index contributed by atoms with van der Waals surface area (Å²) in [4.78, 5) is 2.29. The fraction of sp³-hybridized carbons (Fsp3) is 0.286. The number of benzene rings is 1. The first-order chi connectivity index (χ1) is 7.29. The van der Waals surface area contributed by atoms with Crippen molar-refractivity contribution in [2.75, 3.05) is 11.9 Å². The summed E-state index contributed by atoms with van der Waals surface area (Å²) < 4.78 is 0. The molecule has 0 amide bonds. The molecule has 1 aromatic rings. The van der Waals surface area contributed by atoms with Gasteiger partial charge in [-0.1, -0.05) is 30.4 Å². The van der Waals surface area contributed by atoms with E-state index >= 15 is 0 Å². The van der Waals surface area contributed by atoms with Crippen LogP contribution in [0.15, 0.2) is 48.2 Å². The Bertz CT molecular complexity index is 402. The van der Waals surface area contributed by atoms with Gasteiger partial charge in [0.15, 0.2) is 0 Å². The first-order valence-corrected chi connectivity index (χ1v) is 5.44. The molecule has 1 nitrogen and oxygen atoms in total. The van der Waals surface area contributed by atoms with E-state index in [1.807, 2.05) is 0 Å². The lowest BCUT2D eigenvalue weighted by molar-refractivity contribution is 0.894. The van der Waals surface area contributed by atoms with Crippen molar-refractivity contribution < 1.29 is 0 Å². The molecule has 0 unspecified atom stereocenters. The second-order valence-electron chi connectivity index (χ2n) is 3.97. The number of para-hydroxylation sites is 1. The van der Waals surface area contributed by atoms with Crippen molar-refractivity contribution in [1.29, 1.82) is 0 Å². The highest BCUT2D eigenvalue weighted by molar-refractivity contribution is 5.57. The molecular weight excluding hydrogens is 182 g/mol. The molecule has 0 radical (unpaired) electrons. The molecule has 2 rings (SSSR count). The van der Waals surface area contributed by atoms with Crippen LogP contribution in [0.4, 0.5) is 5.69 Å². The molecule has 78 valence electrons. The van der Waals surface area contributed by atoms with Crippen LogP contribution in [0.5, 0.6) is 0 Å². The van der Waals surface area contributed by atoms with Gasteiger partial charge < -0.3 is 4.90 Å². The van der Waals surface area contributed by atoms with Gasteiger partial charge in [-0.2, -0.15) is 0 Å². The minimum absolute atomic E-state index is 1.14. The van der Waals surface area contributed by atoms with Gasteiger partial charge in [-0.25, -0.2) is 0 Å². The average molecular weight is 199 g/mol. The Balaban J connectivity index is 2.28. The molecule has 0 atom stereocenters. The van der Waals surface area contributed by atoms with Crippen molar-refractivity contribution >= 4 is 5.69 Å². The van der Waals surface area contributed by atoms with Gasteiger partial charge in [-0.05, 0) is 37.5 Å². The highest BCUT2D eigenvalue weighted by Gasteiger charge is 2.09. The topological polar surface area (TPSA) is 3.24 Å². The van der Waals surface area contributed by atoms with Gasteiger partial charge >= 0.3 is 0 Å². The third kappa shape index (κ3) is 2.12. The predicted molar refractivity (Wildman–Crippen MR) is 66.0 cm³/mol. The molecular formula is C14H17N. The van der Waals surface area contributed by atoms with Crippen molar-refractivity contribution in [3.63, 3.8) is 0 Å². The number of hydrogen-bond acceptors (Lipinski definition) is 1. The van der Waals surface area contributed by atoms with Crippen LogP contribution in [0, 0.1) is 6.92 Å². The molecule has 0 aliphatic heterocycles. The standard InChI is InChI=1S/C14H17N/c1-12-8-6-7-11-14(12)15(2)13-9-4-3-5-10-13/h3-4,6-9,11H,5,10H2,1-2H3. The minimum atomic E-state index is 1.14. The maximum Gasteiger partial charge on any atom is 0.0435 e. The Morgan fingerprint density at radius 2 is 2.00 bits per heavy atom. The van der Waals surface area contributed by atoms with Crippen LogP contribution < -0.4 is 4.90 Å². The lowest BCUT2D eigenvalue weighted by Gasteiger charge is -2.25. The fourth-order valence-electron chi connectivity index (χ4n) is 1.96. The predicted octanol–water partition coefficient (Wildman–Crippen LogP) is 3.67. The van der Waals surface area contributed by atoms with E-state index in [1.165, 1.54) is 16.9 Å². The number of allylic oxidation sites excluding steroid dienone is 4.